The van der Waals surface area contributed by atoms with Crippen LogP contribution in [-0.2, 0) is 13.0 Å². The number of anilines is 1. The fourth-order valence-corrected chi connectivity index (χ4v) is 3.72. The normalized spacial score (nSPS) is 18.0. The van der Waals surface area contributed by atoms with Gasteiger partial charge in [0.1, 0.15) is 11.9 Å². The molecule has 132 valence electrons. The van der Waals surface area contributed by atoms with Crippen molar-refractivity contribution in [2.75, 3.05) is 25.0 Å². The van der Waals surface area contributed by atoms with E-state index in [1.54, 1.807) is 0 Å². The quantitative estimate of drug-likeness (QED) is 0.908. The van der Waals surface area contributed by atoms with Gasteiger partial charge in [-0.3, -0.25) is 4.90 Å². The Kier molecular flexibility index (Phi) is 4.57. The number of likely N-dealkylation sites (tertiary alicyclic amines) is 1. The minimum Gasteiger partial charge on any atom is -0.487 e. The van der Waals surface area contributed by atoms with E-state index < -0.39 is 11.6 Å². The second-order valence-electron chi connectivity index (χ2n) is 6.80. The number of para-hydroxylation sites is 1. The molecule has 5 heteroatoms. The van der Waals surface area contributed by atoms with Crippen molar-refractivity contribution in [2.45, 2.75) is 31.9 Å². The zero-order valence-electron chi connectivity index (χ0n) is 14.1. The Bertz CT molecular complexity index is 757. The van der Waals surface area contributed by atoms with Crippen LogP contribution < -0.4 is 10.1 Å². The summed E-state index contributed by atoms with van der Waals surface area (Å²) < 4.78 is 32.4. The van der Waals surface area contributed by atoms with E-state index in [0.29, 0.717) is 0 Å². The van der Waals surface area contributed by atoms with Gasteiger partial charge in [-0.1, -0.05) is 18.2 Å². The molecule has 1 N–H and O–H groups in total. The predicted molar refractivity (Wildman–Crippen MR) is 93.9 cm³/mol. The summed E-state index contributed by atoms with van der Waals surface area (Å²) in [6.07, 6.45) is 2.77. The number of piperidine rings is 1. The Balaban J connectivity index is 1.33. The summed E-state index contributed by atoms with van der Waals surface area (Å²) in [5, 5.41) is 3.49. The SMILES string of the molecule is Fc1ccc(OC2CCN(Cc3cccc4c3NCC4)CC2)c(F)c1. The topological polar surface area (TPSA) is 24.5 Å². The number of nitrogens with zero attached hydrogens (tertiary/aromatic N) is 1. The molecular formula is C20H22F2N2O. The predicted octanol–water partition coefficient (Wildman–Crippen LogP) is 3.98. The number of ether oxygens (including phenoxy) is 1. The van der Waals surface area contributed by atoms with Gasteiger partial charge in [-0.2, -0.15) is 0 Å². The Hall–Kier alpha value is -2.14. The molecule has 3 nitrogen and oxygen atoms in total. The fraction of sp³-hybridized carbons (Fsp3) is 0.400. The number of halogens is 2. The summed E-state index contributed by atoms with van der Waals surface area (Å²) in [6.45, 7) is 3.77. The summed E-state index contributed by atoms with van der Waals surface area (Å²) in [5.74, 6) is -1.07. The molecule has 25 heavy (non-hydrogen) atoms. The van der Waals surface area contributed by atoms with Crippen LogP contribution >= 0.6 is 0 Å². The van der Waals surface area contributed by atoms with E-state index >= 15 is 0 Å². The lowest BCUT2D eigenvalue weighted by Gasteiger charge is -2.32. The third-order valence-corrected chi connectivity index (χ3v) is 5.05. The third-order valence-electron chi connectivity index (χ3n) is 5.05. The highest BCUT2D eigenvalue weighted by molar-refractivity contribution is 5.61. The summed E-state index contributed by atoms with van der Waals surface area (Å²) in [4.78, 5) is 2.41. The first kappa shape index (κ1) is 16.3. The van der Waals surface area contributed by atoms with Crippen LogP contribution in [0.3, 0.4) is 0 Å². The molecule has 2 heterocycles. The standard InChI is InChI=1S/C20H22F2N2O/c21-16-4-5-19(18(22)12-16)25-17-7-10-24(11-8-17)13-15-3-1-2-14-6-9-23-20(14)15/h1-5,12,17,23H,6-11,13H2. The first-order chi connectivity index (χ1) is 12.2. The molecule has 0 radical (unpaired) electrons. The van der Waals surface area contributed by atoms with E-state index in [1.807, 2.05) is 0 Å². The van der Waals surface area contributed by atoms with Crippen LogP contribution in [0.15, 0.2) is 36.4 Å². The van der Waals surface area contributed by atoms with Gasteiger partial charge in [-0.15, -0.1) is 0 Å². The molecule has 1 fully saturated rings. The van der Waals surface area contributed by atoms with Gasteiger partial charge in [0.25, 0.3) is 0 Å². The molecule has 2 aromatic carbocycles. The highest BCUT2D eigenvalue weighted by Gasteiger charge is 2.23. The monoisotopic (exact) mass is 344 g/mol. The summed E-state index contributed by atoms with van der Waals surface area (Å²) in [7, 11) is 0. The maximum atomic E-state index is 13.7. The molecule has 1 saturated heterocycles. The lowest BCUT2D eigenvalue weighted by Crippen LogP contribution is -2.38. The van der Waals surface area contributed by atoms with E-state index in [2.05, 4.69) is 28.4 Å². The second kappa shape index (κ2) is 7.00. The van der Waals surface area contributed by atoms with Gasteiger partial charge in [-0.25, -0.2) is 8.78 Å². The Morgan fingerprint density at radius 2 is 1.96 bits per heavy atom. The first-order valence-electron chi connectivity index (χ1n) is 8.88. The largest absolute Gasteiger partial charge is 0.487 e. The Labute approximate surface area is 146 Å². The zero-order chi connectivity index (χ0) is 17.2. The van der Waals surface area contributed by atoms with Crippen molar-refractivity contribution < 1.29 is 13.5 Å². The smallest absolute Gasteiger partial charge is 0.167 e. The summed E-state index contributed by atoms with van der Waals surface area (Å²) >= 11 is 0. The fourth-order valence-electron chi connectivity index (χ4n) is 3.72. The van der Waals surface area contributed by atoms with Crippen LogP contribution in [0, 0.1) is 11.6 Å². The molecule has 4 rings (SSSR count). The van der Waals surface area contributed by atoms with Crippen LogP contribution in [0.1, 0.15) is 24.0 Å². The van der Waals surface area contributed by atoms with Crippen molar-refractivity contribution in [1.82, 2.24) is 4.90 Å². The van der Waals surface area contributed by atoms with Crippen LogP contribution in [0.2, 0.25) is 0 Å². The molecule has 0 spiro atoms. The van der Waals surface area contributed by atoms with Gasteiger partial charge < -0.3 is 10.1 Å². The van der Waals surface area contributed by atoms with E-state index in [0.717, 1.165) is 51.5 Å². The molecule has 0 unspecified atom stereocenters. The molecule has 2 aromatic rings. The van der Waals surface area contributed by atoms with Crippen molar-refractivity contribution >= 4 is 5.69 Å². The highest BCUT2D eigenvalue weighted by Crippen LogP contribution is 2.29. The van der Waals surface area contributed by atoms with Gasteiger partial charge in [0.05, 0.1) is 0 Å². The van der Waals surface area contributed by atoms with E-state index in [1.165, 1.54) is 28.9 Å². The van der Waals surface area contributed by atoms with Gasteiger partial charge in [0.2, 0.25) is 0 Å². The number of benzene rings is 2. The summed E-state index contributed by atoms with van der Waals surface area (Å²) in [5.41, 5.74) is 4.05. The number of hydrogen-bond donors (Lipinski definition) is 1. The van der Waals surface area contributed by atoms with Gasteiger partial charge in [-0.05, 0) is 42.5 Å². The second-order valence-corrected chi connectivity index (χ2v) is 6.80. The molecule has 0 amide bonds. The van der Waals surface area contributed by atoms with Crippen molar-refractivity contribution in [2.24, 2.45) is 0 Å². The van der Waals surface area contributed by atoms with Gasteiger partial charge >= 0.3 is 0 Å². The molecule has 0 aromatic heterocycles. The Morgan fingerprint density at radius 3 is 2.76 bits per heavy atom. The molecule has 0 bridgehead atoms. The molecular weight excluding hydrogens is 322 g/mol. The number of nitrogens with one attached hydrogen (secondary N) is 1. The average Bonchev–Trinajstić information content (AvgIpc) is 3.09. The van der Waals surface area contributed by atoms with Crippen LogP contribution in [0.25, 0.3) is 0 Å². The van der Waals surface area contributed by atoms with E-state index in [9.17, 15) is 8.78 Å². The lowest BCUT2D eigenvalue weighted by atomic mass is 10.0. The summed E-state index contributed by atoms with van der Waals surface area (Å²) in [6, 6.07) is 9.98. The van der Waals surface area contributed by atoms with Crippen molar-refractivity contribution in [3.63, 3.8) is 0 Å². The first-order valence-corrected chi connectivity index (χ1v) is 8.88. The maximum Gasteiger partial charge on any atom is 0.167 e. The van der Waals surface area contributed by atoms with Crippen LogP contribution in [0.4, 0.5) is 14.5 Å². The van der Waals surface area contributed by atoms with Crippen molar-refractivity contribution in [3.8, 4) is 5.75 Å². The van der Waals surface area contributed by atoms with Gasteiger partial charge in [0, 0.05) is 37.9 Å². The van der Waals surface area contributed by atoms with Gasteiger partial charge in [0.15, 0.2) is 11.6 Å². The Morgan fingerprint density at radius 1 is 1.12 bits per heavy atom. The highest BCUT2D eigenvalue weighted by atomic mass is 19.1. The molecule has 0 saturated carbocycles. The lowest BCUT2D eigenvalue weighted by molar-refractivity contribution is 0.0935. The van der Waals surface area contributed by atoms with E-state index in [4.69, 9.17) is 4.74 Å². The van der Waals surface area contributed by atoms with Crippen molar-refractivity contribution in [3.05, 3.63) is 59.2 Å². The minimum atomic E-state index is -0.631. The van der Waals surface area contributed by atoms with Crippen LogP contribution in [-0.4, -0.2) is 30.6 Å². The number of hydrogen-bond acceptors (Lipinski definition) is 3. The molecule has 0 atom stereocenters. The minimum absolute atomic E-state index is 0.0178. The molecule has 2 aliphatic rings. The number of rotatable bonds is 4. The number of fused-ring (bicyclic) bond motifs is 1. The van der Waals surface area contributed by atoms with E-state index in [-0.39, 0.29) is 11.9 Å². The average molecular weight is 344 g/mol. The van der Waals surface area contributed by atoms with Crippen molar-refractivity contribution in [1.29, 1.82) is 0 Å². The maximum absolute atomic E-state index is 13.7. The van der Waals surface area contributed by atoms with Crippen LogP contribution in [0.5, 0.6) is 5.75 Å². The zero-order valence-corrected chi connectivity index (χ0v) is 14.1. The third kappa shape index (κ3) is 3.61. The molecule has 0 aliphatic carbocycles. The molecule has 2 aliphatic heterocycles.